The molecule has 8 heteroatoms. The van der Waals surface area contributed by atoms with E-state index in [0.29, 0.717) is 38.1 Å². The summed E-state index contributed by atoms with van der Waals surface area (Å²) < 4.78 is 30.6. The molecule has 2 rings (SSSR count). The third kappa shape index (κ3) is 4.38. The highest BCUT2D eigenvalue weighted by Crippen LogP contribution is 2.21. The Bertz CT molecular complexity index is 745. The quantitative estimate of drug-likeness (QED) is 0.733. The number of piperidine rings is 1. The van der Waals surface area contributed by atoms with Gasteiger partial charge in [-0.25, -0.2) is 12.7 Å². The highest BCUT2D eigenvalue weighted by Gasteiger charge is 2.30. The summed E-state index contributed by atoms with van der Waals surface area (Å²) in [5.41, 5.74) is 0.299. The van der Waals surface area contributed by atoms with Gasteiger partial charge in [0.2, 0.25) is 10.0 Å². The molecule has 1 amide bonds. The van der Waals surface area contributed by atoms with Gasteiger partial charge < -0.3 is 9.64 Å². The molecule has 0 saturated carbocycles. The molecule has 1 aromatic carbocycles. The van der Waals surface area contributed by atoms with Gasteiger partial charge >= 0.3 is 5.97 Å². The molecule has 1 heterocycles. The highest BCUT2D eigenvalue weighted by atomic mass is 32.2. The minimum absolute atomic E-state index is 0.0716. The highest BCUT2D eigenvalue weighted by molar-refractivity contribution is 7.89. The summed E-state index contributed by atoms with van der Waals surface area (Å²) in [6, 6.07) is 5.98. The second-order valence-corrected chi connectivity index (χ2v) is 8.31. The average Bonchev–Trinajstić information content (AvgIpc) is 2.61. The molecule has 0 spiro atoms. The standard InChI is InChI=1S/C17H24N2O5S/c1-4-24-17(21)14-8-6-10-19(12-14)16(20)13-7-5-9-15(11-13)25(22,23)18(2)3/h5,7,9,11,14H,4,6,8,10,12H2,1-3H3/t14-/m0/s1. The lowest BCUT2D eigenvalue weighted by atomic mass is 9.97. The summed E-state index contributed by atoms with van der Waals surface area (Å²) in [5.74, 6) is -0.889. The zero-order valence-electron chi connectivity index (χ0n) is 14.8. The number of amides is 1. The van der Waals surface area contributed by atoms with E-state index in [0.717, 1.165) is 4.31 Å². The molecule has 1 fully saturated rings. The fourth-order valence-electron chi connectivity index (χ4n) is 2.80. The average molecular weight is 368 g/mol. The number of nitrogens with zero attached hydrogens (tertiary/aromatic N) is 2. The SMILES string of the molecule is CCOC(=O)[C@H]1CCCN(C(=O)c2cccc(S(=O)(=O)N(C)C)c2)C1. The number of sulfonamides is 1. The molecule has 1 aliphatic heterocycles. The molecule has 7 nitrogen and oxygen atoms in total. The van der Waals surface area contributed by atoms with E-state index in [-0.39, 0.29) is 22.7 Å². The lowest BCUT2D eigenvalue weighted by molar-refractivity contribution is -0.149. The van der Waals surface area contributed by atoms with E-state index in [9.17, 15) is 18.0 Å². The predicted octanol–water partition coefficient (Wildman–Crippen LogP) is 1.35. The van der Waals surface area contributed by atoms with Crippen molar-refractivity contribution < 1.29 is 22.7 Å². The summed E-state index contributed by atoms with van der Waals surface area (Å²) >= 11 is 0. The normalized spacial score (nSPS) is 18.2. The Kier molecular flexibility index (Phi) is 6.18. The molecule has 1 aliphatic rings. The number of esters is 1. The van der Waals surface area contributed by atoms with Gasteiger partial charge in [-0.05, 0) is 38.0 Å². The Hall–Kier alpha value is -1.93. The third-order valence-electron chi connectivity index (χ3n) is 4.19. The van der Waals surface area contributed by atoms with Crippen LogP contribution in [-0.2, 0) is 19.6 Å². The van der Waals surface area contributed by atoms with E-state index in [1.165, 1.54) is 26.2 Å². The van der Waals surface area contributed by atoms with Crippen molar-refractivity contribution in [2.45, 2.75) is 24.7 Å². The summed E-state index contributed by atoms with van der Waals surface area (Å²) in [5, 5.41) is 0. The Morgan fingerprint density at radius 2 is 2.04 bits per heavy atom. The number of ether oxygens (including phenoxy) is 1. The fraction of sp³-hybridized carbons (Fsp3) is 0.529. The molecule has 138 valence electrons. The van der Waals surface area contributed by atoms with Crippen LogP contribution in [0.15, 0.2) is 29.2 Å². The second kappa shape index (κ2) is 7.97. The van der Waals surface area contributed by atoms with Gasteiger partial charge in [-0.3, -0.25) is 9.59 Å². The summed E-state index contributed by atoms with van der Waals surface area (Å²) in [6.45, 7) is 2.90. The zero-order chi connectivity index (χ0) is 18.6. The maximum atomic E-state index is 12.7. The van der Waals surface area contributed by atoms with Crippen molar-refractivity contribution in [1.29, 1.82) is 0 Å². The first-order valence-corrected chi connectivity index (χ1v) is 9.70. The molecule has 25 heavy (non-hydrogen) atoms. The third-order valence-corrected chi connectivity index (χ3v) is 6.00. The molecule has 0 bridgehead atoms. The zero-order valence-corrected chi connectivity index (χ0v) is 15.6. The molecule has 1 saturated heterocycles. The molecular weight excluding hydrogens is 344 g/mol. The van der Waals surface area contributed by atoms with Gasteiger partial charge in [-0.2, -0.15) is 0 Å². The summed E-state index contributed by atoms with van der Waals surface area (Å²) in [6.07, 6.45) is 1.41. The lowest BCUT2D eigenvalue weighted by Gasteiger charge is -2.31. The Balaban J connectivity index is 2.19. The summed E-state index contributed by atoms with van der Waals surface area (Å²) in [4.78, 5) is 26.3. The molecule has 0 aliphatic carbocycles. The smallest absolute Gasteiger partial charge is 0.310 e. The van der Waals surface area contributed by atoms with Crippen molar-refractivity contribution in [2.24, 2.45) is 5.92 Å². The Morgan fingerprint density at radius 1 is 1.32 bits per heavy atom. The number of rotatable bonds is 5. The van der Waals surface area contributed by atoms with Crippen molar-refractivity contribution >= 4 is 21.9 Å². The fourth-order valence-corrected chi connectivity index (χ4v) is 3.75. The molecular formula is C17H24N2O5S. The minimum atomic E-state index is -3.61. The molecule has 0 radical (unpaired) electrons. The number of carbonyl (C=O) groups excluding carboxylic acids is 2. The van der Waals surface area contributed by atoms with E-state index >= 15 is 0 Å². The van der Waals surface area contributed by atoms with Crippen molar-refractivity contribution in [3.8, 4) is 0 Å². The van der Waals surface area contributed by atoms with Crippen LogP contribution in [-0.4, -0.2) is 63.3 Å². The topological polar surface area (TPSA) is 84.0 Å². The van der Waals surface area contributed by atoms with Crippen LogP contribution >= 0.6 is 0 Å². The maximum absolute atomic E-state index is 12.7. The lowest BCUT2D eigenvalue weighted by Crippen LogP contribution is -2.42. The number of hydrogen-bond acceptors (Lipinski definition) is 5. The van der Waals surface area contributed by atoms with Crippen LogP contribution in [0.4, 0.5) is 0 Å². The number of carbonyl (C=O) groups is 2. The van der Waals surface area contributed by atoms with Crippen molar-refractivity contribution in [2.75, 3.05) is 33.8 Å². The number of likely N-dealkylation sites (tertiary alicyclic amines) is 1. The Morgan fingerprint density at radius 3 is 2.68 bits per heavy atom. The van der Waals surface area contributed by atoms with Crippen LogP contribution in [0.1, 0.15) is 30.1 Å². The monoisotopic (exact) mass is 368 g/mol. The van der Waals surface area contributed by atoms with Crippen LogP contribution < -0.4 is 0 Å². The van der Waals surface area contributed by atoms with Gasteiger partial charge in [0.1, 0.15) is 0 Å². The van der Waals surface area contributed by atoms with Crippen molar-refractivity contribution in [3.05, 3.63) is 29.8 Å². The van der Waals surface area contributed by atoms with Crippen LogP contribution in [0.2, 0.25) is 0 Å². The van der Waals surface area contributed by atoms with Gasteiger partial charge in [0.15, 0.2) is 0 Å². The summed E-state index contributed by atoms with van der Waals surface area (Å²) in [7, 11) is -0.721. The van der Waals surface area contributed by atoms with Gasteiger partial charge in [-0.15, -0.1) is 0 Å². The van der Waals surface area contributed by atoms with Crippen molar-refractivity contribution in [1.82, 2.24) is 9.21 Å². The predicted molar refractivity (Wildman–Crippen MR) is 92.6 cm³/mol. The van der Waals surface area contributed by atoms with E-state index < -0.39 is 10.0 Å². The van der Waals surface area contributed by atoms with Crippen LogP contribution in [0, 0.1) is 5.92 Å². The molecule has 1 atom stereocenters. The molecule has 0 unspecified atom stereocenters. The van der Waals surface area contributed by atoms with E-state index in [1.807, 2.05) is 0 Å². The molecule has 0 N–H and O–H groups in total. The van der Waals surface area contributed by atoms with E-state index in [4.69, 9.17) is 4.74 Å². The van der Waals surface area contributed by atoms with Gasteiger partial charge in [0, 0.05) is 32.7 Å². The molecule has 1 aromatic rings. The van der Waals surface area contributed by atoms with Gasteiger partial charge in [0.05, 0.1) is 17.4 Å². The van der Waals surface area contributed by atoms with E-state index in [2.05, 4.69) is 0 Å². The molecule has 0 aromatic heterocycles. The Labute approximate surface area is 148 Å². The first kappa shape index (κ1) is 19.4. The van der Waals surface area contributed by atoms with E-state index in [1.54, 1.807) is 24.0 Å². The van der Waals surface area contributed by atoms with Crippen LogP contribution in [0.25, 0.3) is 0 Å². The number of benzene rings is 1. The van der Waals surface area contributed by atoms with Crippen LogP contribution in [0.3, 0.4) is 0 Å². The number of hydrogen-bond donors (Lipinski definition) is 0. The first-order valence-electron chi connectivity index (χ1n) is 8.26. The first-order chi connectivity index (χ1) is 11.8. The van der Waals surface area contributed by atoms with Crippen LogP contribution in [0.5, 0.6) is 0 Å². The minimum Gasteiger partial charge on any atom is -0.466 e. The van der Waals surface area contributed by atoms with Gasteiger partial charge in [0.25, 0.3) is 5.91 Å². The largest absolute Gasteiger partial charge is 0.466 e. The van der Waals surface area contributed by atoms with Gasteiger partial charge in [-0.1, -0.05) is 6.07 Å². The second-order valence-electron chi connectivity index (χ2n) is 6.16. The van der Waals surface area contributed by atoms with Crippen molar-refractivity contribution in [3.63, 3.8) is 0 Å². The maximum Gasteiger partial charge on any atom is 0.310 e.